The molecule has 7 heteroatoms. The van der Waals surface area contributed by atoms with Crippen molar-refractivity contribution in [3.63, 3.8) is 0 Å². The highest BCUT2D eigenvalue weighted by atomic mass is 16.3. The number of aryl methyl sites for hydroxylation is 1. The number of aromatic amines is 1. The van der Waals surface area contributed by atoms with Crippen molar-refractivity contribution in [3.05, 3.63) is 74.9 Å². The number of carbonyl (C=O) groups is 1. The molecule has 0 bridgehead atoms. The standard InChI is InChI=1S/C19H19N3O4/c23-14-5-3-4-13(12-14)8-10-20-17(24)9-11-22-16-7-2-1-6-15(16)18(25)21-19(22)26/h1-7,12,23H,8-11H2,(H,20,24)(H,21,25,26). The van der Waals surface area contributed by atoms with Gasteiger partial charge in [-0.25, -0.2) is 4.79 Å². The predicted molar refractivity (Wildman–Crippen MR) is 98.3 cm³/mol. The summed E-state index contributed by atoms with van der Waals surface area (Å²) in [6.45, 7) is 0.609. The molecule has 7 nitrogen and oxygen atoms in total. The van der Waals surface area contributed by atoms with E-state index in [4.69, 9.17) is 0 Å². The van der Waals surface area contributed by atoms with Crippen molar-refractivity contribution in [2.24, 2.45) is 0 Å². The van der Waals surface area contributed by atoms with E-state index in [1.54, 1.807) is 42.5 Å². The minimum Gasteiger partial charge on any atom is -0.508 e. The number of H-pyrrole nitrogens is 1. The molecule has 0 fully saturated rings. The van der Waals surface area contributed by atoms with E-state index in [-0.39, 0.29) is 24.6 Å². The number of hydrogen-bond acceptors (Lipinski definition) is 4. The van der Waals surface area contributed by atoms with Gasteiger partial charge in [-0.15, -0.1) is 0 Å². The molecule has 0 aliphatic heterocycles. The lowest BCUT2D eigenvalue weighted by Crippen LogP contribution is -2.33. The van der Waals surface area contributed by atoms with Crippen molar-refractivity contribution >= 4 is 16.8 Å². The number of aromatic hydroxyl groups is 1. The number of phenols is 1. The first-order chi connectivity index (χ1) is 12.5. The van der Waals surface area contributed by atoms with E-state index in [0.717, 1.165) is 5.56 Å². The number of para-hydroxylation sites is 1. The normalized spacial score (nSPS) is 10.8. The van der Waals surface area contributed by atoms with Gasteiger partial charge in [-0.2, -0.15) is 0 Å². The average Bonchev–Trinajstić information content (AvgIpc) is 2.61. The zero-order valence-corrected chi connectivity index (χ0v) is 14.1. The summed E-state index contributed by atoms with van der Waals surface area (Å²) >= 11 is 0. The van der Waals surface area contributed by atoms with Crippen LogP contribution in [0.4, 0.5) is 0 Å². The van der Waals surface area contributed by atoms with Gasteiger partial charge in [-0.1, -0.05) is 24.3 Å². The summed E-state index contributed by atoms with van der Waals surface area (Å²) in [5, 5.41) is 12.6. The van der Waals surface area contributed by atoms with Crippen molar-refractivity contribution in [3.8, 4) is 5.75 Å². The molecule has 0 atom stereocenters. The Labute approximate surface area is 148 Å². The Morgan fingerprint density at radius 2 is 1.92 bits per heavy atom. The van der Waals surface area contributed by atoms with Gasteiger partial charge in [-0.05, 0) is 36.2 Å². The number of aromatic nitrogens is 2. The lowest BCUT2D eigenvalue weighted by Gasteiger charge is -2.10. The van der Waals surface area contributed by atoms with Crippen LogP contribution >= 0.6 is 0 Å². The van der Waals surface area contributed by atoms with E-state index < -0.39 is 11.2 Å². The summed E-state index contributed by atoms with van der Waals surface area (Å²) in [4.78, 5) is 38.2. The van der Waals surface area contributed by atoms with Crippen molar-refractivity contribution in [2.45, 2.75) is 19.4 Å². The van der Waals surface area contributed by atoms with Crippen LogP contribution in [0.25, 0.3) is 10.9 Å². The minimum absolute atomic E-state index is 0.121. The van der Waals surface area contributed by atoms with Gasteiger partial charge in [0.2, 0.25) is 5.91 Å². The molecule has 0 radical (unpaired) electrons. The Hall–Kier alpha value is -3.35. The highest BCUT2D eigenvalue weighted by molar-refractivity contribution is 5.78. The topological polar surface area (TPSA) is 104 Å². The van der Waals surface area contributed by atoms with Gasteiger partial charge in [-0.3, -0.25) is 19.1 Å². The van der Waals surface area contributed by atoms with E-state index in [0.29, 0.717) is 23.9 Å². The summed E-state index contributed by atoms with van der Waals surface area (Å²) in [5.74, 6) is 0.00508. The van der Waals surface area contributed by atoms with Crippen molar-refractivity contribution in [1.29, 1.82) is 0 Å². The molecule has 134 valence electrons. The molecule has 0 spiro atoms. The molecule has 0 saturated heterocycles. The maximum Gasteiger partial charge on any atom is 0.328 e. The van der Waals surface area contributed by atoms with Crippen LogP contribution in [0.2, 0.25) is 0 Å². The van der Waals surface area contributed by atoms with Gasteiger partial charge in [0.1, 0.15) is 5.75 Å². The van der Waals surface area contributed by atoms with Gasteiger partial charge in [0.15, 0.2) is 0 Å². The molecule has 3 rings (SSSR count). The fourth-order valence-corrected chi connectivity index (χ4v) is 2.82. The van der Waals surface area contributed by atoms with Gasteiger partial charge in [0.25, 0.3) is 5.56 Å². The Bertz CT molecular complexity index is 1050. The Kier molecular flexibility index (Phi) is 5.17. The van der Waals surface area contributed by atoms with Crippen LogP contribution in [0.3, 0.4) is 0 Å². The molecule has 1 amide bonds. The number of carbonyl (C=O) groups excluding carboxylic acids is 1. The smallest absolute Gasteiger partial charge is 0.328 e. The quantitative estimate of drug-likeness (QED) is 0.618. The highest BCUT2D eigenvalue weighted by Gasteiger charge is 2.09. The summed E-state index contributed by atoms with van der Waals surface area (Å²) in [7, 11) is 0. The van der Waals surface area contributed by atoms with E-state index >= 15 is 0 Å². The number of amides is 1. The molecule has 3 aromatic rings. The third kappa shape index (κ3) is 4.00. The zero-order chi connectivity index (χ0) is 18.5. The molecule has 0 aliphatic rings. The third-order valence-corrected chi connectivity index (χ3v) is 4.11. The van der Waals surface area contributed by atoms with Crippen LogP contribution in [-0.2, 0) is 17.8 Å². The van der Waals surface area contributed by atoms with E-state index in [2.05, 4.69) is 10.3 Å². The Morgan fingerprint density at radius 3 is 2.73 bits per heavy atom. The van der Waals surface area contributed by atoms with Crippen LogP contribution in [-0.4, -0.2) is 27.1 Å². The monoisotopic (exact) mass is 353 g/mol. The van der Waals surface area contributed by atoms with E-state index in [1.165, 1.54) is 4.57 Å². The third-order valence-electron chi connectivity index (χ3n) is 4.11. The van der Waals surface area contributed by atoms with Crippen LogP contribution in [0.15, 0.2) is 58.1 Å². The second-order valence-electron chi connectivity index (χ2n) is 5.95. The van der Waals surface area contributed by atoms with Gasteiger partial charge >= 0.3 is 5.69 Å². The van der Waals surface area contributed by atoms with Crippen molar-refractivity contribution in [1.82, 2.24) is 14.9 Å². The van der Waals surface area contributed by atoms with Gasteiger partial charge in [0, 0.05) is 19.5 Å². The number of rotatable bonds is 6. The summed E-state index contributed by atoms with van der Waals surface area (Å²) in [5.41, 5.74) is 0.473. The molecular weight excluding hydrogens is 334 g/mol. The van der Waals surface area contributed by atoms with Crippen molar-refractivity contribution < 1.29 is 9.90 Å². The van der Waals surface area contributed by atoms with E-state index in [9.17, 15) is 19.5 Å². The maximum atomic E-state index is 12.0. The fourth-order valence-electron chi connectivity index (χ4n) is 2.82. The molecular formula is C19H19N3O4. The first-order valence-electron chi connectivity index (χ1n) is 8.31. The molecule has 0 saturated carbocycles. The molecule has 2 aromatic carbocycles. The number of fused-ring (bicyclic) bond motifs is 1. The molecule has 0 aliphatic carbocycles. The first-order valence-corrected chi connectivity index (χ1v) is 8.31. The summed E-state index contributed by atoms with van der Waals surface area (Å²) in [6, 6.07) is 13.7. The molecule has 1 aromatic heterocycles. The molecule has 1 heterocycles. The molecule has 0 unspecified atom stereocenters. The first kappa shape index (κ1) is 17.5. The number of hydrogen-bond donors (Lipinski definition) is 3. The summed E-state index contributed by atoms with van der Waals surface area (Å²) < 4.78 is 1.39. The molecule has 26 heavy (non-hydrogen) atoms. The van der Waals surface area contributed by atoms with Crippen molar-refractivity contribution in [2.75, 3.05) is 6.54 Å². The number of phenolic OH excluding ortho intramolecular Hbond substituents is 1. The fraction of sp³-hybridized carbons (Fsp3) is 0.211. The largest absolute Gasteiger partial charge is 0.508 e. The van der Waals surface area contributed by atoms with Crippen LogP contribution in [0.5, 0.6) is 5.75 Å². The number of nitrogens with zero attached hydrogens (tertiary/aromatic N) is 1. The SMILES string of the molecule is O=C(CCn1c(=O)[nH]c(=O)c2ccccc21)NCCc1cccc(O)c1. The van der Waals surface area contributed by atoms with Crippen LogP contribution < -0.4 is 16.6 Å². The minimum atomic E-state index is -0.527. The van der Waals surface area contributed by atoms with Gasteiger partial charge < -0.3 is 10.4 Å². The lowest BCUT2D eigenvalue weighted by molar-refractivity contribution is -0.121. The van der Waals surface area contributed by atoms with Gasteiger partial charge in [0.05, 0.1) is 10.9 Å². The number of nitrogens with one attached hydrogen (secondary N) is 2. The van der Waals surface area contributed by atoms with Crippen LogP contribution in [0.1, 0.15) is 12.0 Å². The van der Waals surface area contributed by atoms with Crippen LogP contribution in [0, 0.1) is 0 Å². The number of benzene rings is 2. The maximum absolute atomic E-state index is 12.0. The highest BCUT2D eigenvalue weighted by Crippen LogP contribution is 2.11. The second kappa shape index (κ2) is 7.69. The molecule has 3 N–H and O–H groups in total. The lowest BCUT2D eigenvalue weighted by atomic mass is 10.1. The average molecular weight is 353 g/mol. The van der Waals surface area contributed by atoms with E-state index in [1.807, 2.05) is 6.07 Å². The summed E-state index contributed by atoms with van der Waals surface area (Å²) in [6.07, 6.45) is 0.720. The Morgan fingerprint density at radius 1 is 1.12 bits per heavy atom. The predicted octanol–water partition coefficient (Wildman–Crippen LogP) is 1.14. The zero-order valence-electron chi connectivity index (χ0n) is 14.1. The second-order valence-corrected chi connectivity index (χ2v) is 5.95. The Balaban J connectivity index is 1.61.